The van der Waals surface area contributed by atoms with Crippen molar-refractivity contribution in [3.8, 4) is 0 Å². The smallest absolute Gasteiger partial charge is 0.0192 e. The molecular formula is C16H29N2P. The molecule has 1 saturated heterocycles. The fourth-order valence-corrected chi connectivity index (χ4v) is 2.86. The van der Waals surface area contributed by atoms with Gasteiger partial charge in [-0.3, -0.25) is 0 Å². The van der Waals surface area contributed by atoms with E-state index in [1.807, 2.05) is 30.3 Å². The van der Waals surface area contributed by atoms with Gasteiger partial charge in [-0.25, -0.2) is 10.0 Å². The first-order valence-corrected chi connectivity index (χ1v) is 7.93. The summed E-state index contributed by atoms with van der Waals surface area (Å²) < 4.78 is 0. The van der Waals surface area contributed by atoms with Crippen molar-refractivity contribution in [3.05, 3.63) is 30.3 Å². The van der Waals surface area contributed by atoms with Gasteiger partial charge >= 0.3 is 0 Å². The Kier molecular flexibility index (Phi) is 7.60. The molecule has 1 heterocycles. The van der Waals surface area contributed by atoms with Gasteiger partial charge in [0.1, 0.15) is 0 Å². The van der Waals surface area contributed by atoms with Crippen LogP contribution in [0, 0.1) is 0 Å². The third-order valence-electron chi connectivity index (χ3n) is 3.27. The lowest BCUT2D eigenvalue weighted by atomic mass is 10.3. The van der Waals surface area contributed by atoms with Gasteiger partial charge in [0.2, 0.25) is 0 Å². The normalized spacial score (nSPS) is 16.0. The Labute approximate surface area is 121 Å². The third-order valence-corrected chi connectivity index (χ3v) is 3.65. The lowest BCUT2D eigenvalue weighted by Crippen LogP contribution is -2.49. The van der Waals surface area contributed by atoms with Crippen LogP contribution in [-0.2, 0) is 0 Å². The van der Waals surface area contributed by atoms with Crippen molar-refractivity contribution in [3.63, 3.8) is 0 Å². The second kappa shape index (κ2) is 8.68. The van der Waals surface area contributed by atoms with Gasteiger partial charge in [0, 0.05) is 25.2 Å². The molecule has 1 atom stereocenters. The summed E-state index contributed by atoms with van der Waals surface area (Å²) in [5.41, 5.74) is 0. The Balaban J connectivity index is 0.000000218. The summed E-state index contributed by atoms with van der Waals surface area (Å²) in [5, 5.41) is 6.25. The zero-order chi connectivity index (χ0) is 14.3. The number of benzene rings is 1. The molecule has 2 nitrogen and oxygen atoms in total. The lowest BCUT2D eigenvalue weighted by molar-refractivity contribution is -0.0577. The summed E-state index contributed by atoms with van der Waals surface area (Å²) in [6.07, 6.45) is 2.74. The molecule has 1 aliphatic rings. The molecule has 0 radical (unpaired) electrons. The number of hydrogen-bond acceptors (Lipinski definition) is 2. The van der Waals surface area contributed by atoms with Crippen LogP contribution in [0.4, 0.5) is 0 Å². The Morgan fingerprint density at radius 1 is 0.947 bits per heavy atom. The van der Waals surface area contributed by atoms with Crippen molar-refractivity contribution in [2.75, 3.05) is 13.1 Å². The summed E-state index contributed by atoms with van der Waals surface area (Å²) in [4.78, 5) is 0. The molecule has 1 aromatic carbocycles. The molecule has 0 amide bonds. The van der Waals surface area contributed by atoms with E-state index in [-0.39, 0.29) is 0 Å². The van der Waals surface area contributed by atoms with E-state index in [2.05, 4.69) is 47.0 Å². The maximum atomic E-state index is 2.63. The zero-order valence-corrected chi connectivity index (χ0v) is 14.0. The molecule has 0 aromatic heterocycles. The fourth-order valence-electron chi connectivity index (χ4n) is 2.63. The van der Waals surface area contributed by atoms with Gasteiger partial charge in [0.05, 0.1) is 0 Å². The maximum absolute atomic E-state index is 2.63. The summed E-state index contributed by atoms with van der Waals surface area (Å²) in [7, 11) is 2.63. The molecule has 0 spiro atoms. The first-order chi connectivity index (χ1) is 9.02. The Morgan fingerprint density at radius 2 is 1.42 bits per heavy atom. The number of rotatable bonds is 3. The molecule has 0 bridgehead atoms. The lowest BCUT2D eigenvalue weighted by Gasteiger charge is -2.38. The van der Waals surface area contributed by atoms with Crippen LogP contribution < -0.4 is 5.30 Å². The van der Waals surface area contributed by atoms with Gasteiger partial charge in [-0.1, -0.05) is 30.3 Å². The number of nitrogens with zero attached hydrogens (tertiary/aromatic N) is 2. The van der Waals surface area contributed by atoms with Gasteiger partial charge in [0.15, 0.2) is 0 Å². The van der Waals surface area contributed by atoms with Crippen LogP contribution in [0.2, 0.25) is 0 Å². The Morgan fingerprint density at radius 3 is 1.74 bits per heavy atom. The van der Waals surface area contributed by atoms with Crippen LogP contribution >= 0.6 is 9.24 Å². The summed E-state index contributed by atoms with van der Waals surface area (Å²) in [5.74, 6) is 0. The van der Waals surface area contributed by atoms with Gasteiger partial charge in [0.25, 0.3) is 0 Å². The predicted octanol–water partition coefficient (Wildman–Crippen LogP) is 3.30. The van der Waals surface area contributed by atoms with Crippen LogP contribution in [0.15, 0.2) is 30.3 Å². The van der Waals surface area contributed by atoms with E-state index in [0.717, 1.165) is 0 Å². The molecule has 19 heavy (non-hydrogen) atoms. The molecule has 0 N–H and O–H groups in total. The van der Waals surface area contributed by atoms with Gasteiger partial charge in [-0.05, 0) is 45.8 Å². The quantitative estimate of drug-likeness (QED) is 0.784. The van der Waals surface area contributed by atoms with E-state index in [4.69, 9.17) is 0 Å². The van der Waals surface area contributed by atoms with Crippen molar-refractivity contribution in [1.82, 2.24) is 10.0 Å². The van der Waals surface area contributed by atoms with Crippen LogP contribution in [0.25, 0.3) is 0 Å². The molecule has 2 rings (SSSR count). The molecule has 0 saturated carbocycles. The highest BCUT2D eigenvalue weighted by Crippen LogP contribution is 2.16. The van der Waals surface area contributed by atoms with Crippen molar-refractivity contribution >= 4 is 14.5 Å². The molecule has 1 fully saturated rings. The first kappa shape index (κ1) is 16.6. The van der Waals surface area contributed by atoms with E-state index < -0.39 is 0 Å². The first-order valence-electron chi connectivity index (χ1n) is 7.36. The summed E-state index contributed by atoms with van der Waals surface area (Å²) in [6, 6.07) is 11.4. The predicted molar refractivity (Wildman–Crippen MR) is 88.7 cm³/mol. The largest absolute Gasteiger partial charge is 0.241 e. The van der Waals surface area contributed by atoms with Crippen molar-refractivity contribution in [2.24, 2.45) is 0 Å². The second-order valence-electron chi connectivity index (χ2n) is 5.64. The highest BCUT2D eigenvalue weighted by Gasteiger charge is 2.23. The number of hydrazine groups is 1. The third kappa shape index (κ3) is 6.03. The van der Waals surface area contributed by atoms with Crippen molar-refractivity contribution in [1.29, 1.82) is 0 Å². The second-order valence-corrected chi connectivity index (χ2v) is 6.31. The maximum Gasteiger partial charge on any atom is 0.0192 e. The van der Waals surface area contributed by atoms with Crippen LogP contribution in [0.1, 0.15) is 40.5 Å². The van der Waals surface area contributed by atoms with Crippen LogP contribution in [0.5, 0.6) is 0 Å². The Hall–Kier alpha value is -0.430. The van der Waals surface area contributed by atoms with E-state index in [9.17, 15) is 0 Å². The van der Waals surface area contributed by atoms with E-state index in [1.54, 1.807) is 0 Å². The zero-order valence-electron chi connectivity index (χ0n) is 12.8. The average molecular weight is 280 g/mol. The molecular weight excluding hydrogens is 251 g/mol. The van der Waals surface area contributed by atoms with E-state index >= 15 is 0 Å². The average Bonchev–Trinajstić information content (AvgIpc) is 2.83. The van der Waals surface area contributed by atoms with E-state index in [1.165, 1.54) is 31.2 Å². The minimum Gasteiger partial charge on any atom is -0.241 e. The van der Waals surface area contributed by atoms with Gasteiger partial charge < -0.3 is 0 Å². The monoisotopic (exact) mass is 280 g/mol. The van der Waals surface area contributed by atoms with E-state index in [0.29, 0.717) is 12.1 Å². The van der Waals surface area contributed by atoms with Gasteiger partial charge in [-0.2, -0.15) is 0 Å². The SMILES string of the molecule is CC(C)N(C(C)C)N1CCCC1.Pc1ccccc1. The molecule has 108 valence electrons. The minimum atomic E-state index is 0.642. The topological polar surface area (TPSA) is 6.48 Å². The Bertz CT molecular complexity index is 324. The fraction of sp³-hybridized carbons (Fsp3) is 0.625. The minimum absolute atomic E-state index is 0.642. The summed E-state index contributed by atoms with van der Waals surface area (Å²) in [6.45, 7) is 11.6. The highest BCUT2D eigenvalue weighted by atomic mass is 31.0. The standard InChI is InChI=1S/C10H22N2.C6H7P/c1-9(2)12(10(3)4)11-7-5-6-8-11;7-6-4-2-1-3-5-6/h9-10H,5-8H2,1-4H3;1-5H,7H2. The molecule has 0 aliphatic carbocycles. The highest BCUT2D eigenvalue weighted by molar-refractivity contribution is 7.27. The van der Waals surface area contributed by atoms with Crippen LogP contribution in [0.3, 0.4) is 0 Å². The molecule has 1 aromatic rings. The van der Waals surface area contributed by atoms with Crippen molar-refractivity contribution < 1.29 is 0 Å². The van der Waals surface area contributed by atoms with Crippen molar-refractivity contribution in [2.45, 2.75) is 52.6 Å². The molecule has 1 aliphatic heterocycles. The molecule has 3 heteroatoms. The van der Waals surface area contributed by atoms with Crippen LogP contribution in [-0.4, -0.2) is 35.2 Å². The number of hydrogen-bond donors (Lipinski definition) is 0. The van der Waals surface area contributed by atoms with Gasteiger partial charge in [-0.15, -0.1) is 9.24 Å². The summed E-state index contributed by atoms with van der Waals surface area (Å²) >= 11 is 0. The molecule has 1 unspecified atom stereocenters.